The van der Waals surface area contributed by atoms with Gasteiger partial charge in [-0.15, -0.1) is 0 Å². The van der Waals surface area contributed by atoms with Crippen LogP contribution in [0.15, 0.2) is 72.8 Å². The number of anilines is 1. The summed E-state index contributed by atoms with van der Waals surface area (Å²) in [7, 11) is 0. The fourth-order valence-corrected chi connectivity index (χ4v) is 6.14. The molecule has 0 radical (unpaired) electrons. The number of hydrogen-bond acceptors (Lipinski definition) is 6. The number of rotatable bonds is 6. The number of carbonyl (C=O) groups excluding carboxylic acids is 4. The molecule has 3 aromatic carbocycles. The number of imide groups is 1. The van der Waals surface area contributed by atoms with Gasteiger partial charge in [0.05, 0.1) is 34.3 Å². The van der Waals surface area contributed by atoms with Crippen LogP contribution < -0.4 is 4.90 Å². The third-order valence-electron chi connectivity index (χ3n) is 8.51. The fraction of sp³-hybridized carbons (Fsp3) is 0.286. The zero-order valence-electron chi connectivity index (χ0n) is 23.9. The Balaban J connectivity index is 1.30. The van der Waals surface area contributed by atoms with Crippen molar-refractivity contribution in [2.24, 2.45) is 11.8 Å². The number of benzene rings is 3. The molecule has 1 aromatic heterocycles. The second kappa shape index (κ2) is 11.0. The van der Waals surface area contributed by atoms with Crippen molar-refractivity contribution in [3.8, 4) is 11.3 Å². The minimum Gasteiger partial charge on any atom is -0.451 e. The van der Waals surface area contributed by atoms with Crippen LogP contribution in [0.25, 0.3) is 22.2 Å². The molecule has 4 aromatic rings. The van der Waals surface area contributed by atoms with Gasteiger partial charge < -0.3 is 4.74 Å². The number of carbonyl (C=O) groups is 4. The molecule has 0 bridgehead atoms. The average molecular weight is 561 g/mol. The summed E-state index contributed by atoms with van der Waals surface area (Å²) < 4.78 is 5.68. The molecule has 3 atom stereocenters. The quantitative estimate of drug-likeness (QED) is 0.149. The van der Waals surface area contributed by atoms with E-state index in [9.17, 15) is 19.2 Å². The minimum atomic E-state index is -0.977. The average Bonchev–Trinajstić information content (AvgIpc) is 3.26. The number of amides is 2. The van der Waals surface area contributed by atoms with E-state index in [2.05, 4.69) is 0 Å². The van der Waals surface area contributed by atoms with E-state index in [-0.39, 0.29) is 29.4 Å². The number of Topliss-reactive ketones (excluding diaryl/α,β-unsaturated/α-hetero) is 1. The molecule has 2 aliphatic rings. The predicted molar refractivity (Wildman–Crippen MR) is 160 cm³/mol. The van der Waals surface area contributed by atoms with Gasteiger partial charge in [0.1, 0.15) is 0 Å². The normalized spacial score (nSPS) is 19.1. The molecule has 1 saturated carbocycles. The lowest BCUT2D eigenvalue weighted by atomic mass is 9.81. The van der Waals surface area contributed by atoms with Crippen molar-refractivity contribution in [2.75, 3.05) is 4.90 Å². The molecule has 1 saturated heterocycles. The molecule has 2 amide bonds. The number of hydrogen-bond donors (Lipinski definition) is 0. The van der Waals surface area contributed by atoms with Crippen LogP contribution in [0.2, 0.25) is 0 Å². The van der Waals surface area contributed by atoms with E-state index in [4.69, 9.17) is 9.72 Å². The van der Waals surface area contributed by atoms with E-state index in [0.717, 1.165) is 42.4 Å². The molecular formula is C35H32N2O5. The van der Waals surface area contributed by atoms with E-state index in [1.165, 1.54) is 4.90 Å². The van der Waals surface area contributed by atoms with Gasteiger partial charge in [-0.3, -0.25) is 19.3 Å². The highest BCUT2D eigenvalue weighted by Crippen LogP contribution is 2.40. The second-order valence-electron chi connectivity index (χ2n) is 11.4. The molecule has 7 nitrogen and oxygen atoms in total. The summed E-state index contributed by atoms with van der Waals surface area (Å²) in [5, 5.41) is 0.631. The Labute approximate surface area is 244 Å². The lowest BCUT2D eigenvalue weighted by molar-refractivity contribution is -0.122. The highest BCUT2D eigenvalue weighted by molar-refractivity contribution is 6.22. The maximum absolute atomic E-state index is 13.5. The molecule has 6 rings (SSSR count). The van der Waals surface area contributed by atoms with E-state index < -0.39 is 12.1 Å². The van der Waals surface area contributed by atoms with Crippen molar-refractivity contribution in [1.82, 2.24) is 4.98 Å². The smallest absolute Gasteiger partial charge is 0.339 e. The summed E-state index contributed by atoms with van der Waals surface area (Å²) in [6.45, 7) is 5.44. The van der Waals surface area contributed by atoms with Crippen molar-refractivity contribution in [3.63, 3.8) is 0 Å². The van der Waals surface area contributed by atoms with Crippen LogP contribution >= 0.6 is 0 Å². The van der Waals surface area contributed by atoms with Crippen molar-refractivity contribution in [1.29, 1.82) is 0 Å². The molecule has 0 N–H and O–H groups in total. The third-order valence-corrected chi connectivity index (χ3v) is 8.51. The first kappa shape index (κ1) is 27.5. The minimum absolute atomic E-state index is 0.115. The van der Waals surface area contributed by atoms with Crippen LogP contribution in [0.4, 0.5) is 5.69 Å². The Morgan fingerprint density at radius 2 is 1.52 bits per heavy atom. The monoisotopic (exact) mass is 560 g/mol. The van der Waals surface area contributed by atoms with Gasteiger partial charge >= 0.3 is 5.97 Å². The van der Waals surface area contributed by atoms with Gasteiger partial charge in [0.25, 0.3) is 0 Å². The summed E-state index contributed by atoms with van der Waals surface area (Å²) in [5.74, 6) is -1.56. The van der Waals surface area contributed by atoms with Gasteiger partial charge in [-0.1, -0.05) is 73.0 Å². The number of nitrogens with zero attached hydrogens (tertiary/aromatic N) is 2. The number of pyridine rings is 1. The van der Waals surface area contributed by atoms with Gasteiger partial charge in [-0.05, 0) is 57.4 Å². The molecule has 1 aliphatic carbocycles. The number of ketones is 1. The van der Waals surface area contributed by atoms with Crippen molar-refractivity contribution < 1.29 is 23.9 Å². The SMILES string of the molecule is Cc1ccc(C(=O)C(C)OC(=O)c2cc(-c3ccc(N4C(=O)C5CCCCC5C4=O)cc3)nc3c(C)cccc23)cc1. The predicted octanol–water partition coefficient (Wildman–Crippen LogP) is 6.63. The van der Waals surface area contributed by atoms with Gasteiger partial charge in [0.2, 0.25) is 17.6 Å². The topological polar surface area (TPSA) is 93.6 Å². The van der Waals surface area contributed by atoms with Gasteiger partial charge in [0.15, 0.2) is 6.10 Å². The van der Waals surface area contributed by atoms with Crippen LogP contribution in [0.3, 0.4) is 0 Å². The number of esters is 1. The number of aryl methyl sites for hydroxylation is 2. The van der Waals surface area contributed by atoms with Gasteiger partial charge in [-0.2, -0.15) is 0 Å². The van der Waals surface area contributed by atoms with Crippen molar-refractivity contribution >= 4 is 40.2 Å². The Morgan fingerprint density at radius 3 is 2.17 bits per heavy atom. The molecule has 1 aliphatic heterocycles. The molecule has 212 valence electrons. The van der Waals surface area contributed by atoms with Crippen LogP contribution in [-0.4, -0.2) is 34.7 Å². The lowest BCUT2D eigenvalue weighted by Gasteiger charge is -2.19. The van der Waals surface area contributed by atoms with Gasteiger partial charge in [0, 0.05) is 16.5 Å². The summed E-state index contributed by atoms with van der Waals surface area (Å²) in [6.07, 6.45) is 2.50. The van der Waals surface area contributed by atoms with Crippen molar-refractivity contribution in [3.05, 3.63) is 95.1 Å². The van der Waals surface area contributed by atoms with E-state index in [1.807, 2.05) is 56.3 Å². The summed E-state index contributed by atoms with van der Waals surface area (Å²) in [5.41, 5.74) is 5.16. The van der Waals surface area contributed by atoms with Crippen molar-refractivity contribution in [2.45, 2.75) is 52.6 Å². The molecule has 2 fully saturated rings. The maximum Gasteiger partial charge on any atom is 0.339 e. The van der Waals surface area contributed by atoms with E-state index >= 15 is 0 Å². The molecular weight excluding hydrogens is 528 g/mol. The van der Waals surface area contributed by atoms with Crippen LogP contribution in [0.5, 0.6) is 0 Å². The molecule has 7 heteroatoms. The first-order valence-corrected chi connectivity index (χ1v) is 14.4. The largest absolute Gasteiger partial charge is 0.451 e. The van der Waals surface area contributed by atoms with Gasteiger partial charge in [-0.25, -0.2) is 9.78 Å². The Morgan fingerprint density at radius 1 is 0.881 bits per heavy atom. The van der Waals surface area contributed by atoms with E-state index in [1.54, 1.807) is 37.3 Å². The zero-order valence-corrected chi connectivity index (χ0v) is 23.9. The second-order valence-corrected chi connectivity index (χ2v) is 11.4. The van der Waals surface area contributed by atoms with Crippen LogP contribution in [0, 0.1) is 25.7 Å². The highest BCUT2D eigenvalue weighted by atomic mass is 16.5. The Hall–Kier alpha value is -4.65. The van der Waals surface area contributed by atoms with Crippen LogP contribution in [-0.2, 0) is 14.3 Å². The highest BCUT2D eigenvalue weighted by Gasteiger charge is 2.48. The Bertz CT molecular complexity index is 1700. The lowest BCUT2D eigenvalue weighted by Crippen LogP contribution is -2.30. The summed E-state index contributed by atoms with van der Waals surface area (Å²) in [6, 6.07) is 21.5. The first-order valence-electron chi connectivity index (χ1n) is 14.4. The number of ether oxygens (including phenoxy) is 1. The fourth-order valence-electron chi connectivity index (χ4n) is 6.14. The molecule has 2 heterocycles. The summed E-state index contributed by atoms with van der Waals surface area (Å²) in [4.78, 5) is 58.8. The van der Waals surface area contributed by atoms with E-state index in [0.29, 0.717) is 33.4 Å². The standard InChI is InChI=1S/C35H32N2O5/c1-20-11-13-24(14-12-20)32(38)22(3)42-35(41)29-19-30(36-31-21(2)7-6-10-26(29)31)23-15-17-25(18-16-23)37-33(39)27-8-4-5-9-28(27)34(37)40/h6-7,10-19,22,27-28H,4-5,8-9H2,1-3H3. The molecule has 0 spiro atoms. The first-order chi connectivity index (χ1) is 20.2. The number of aromatic nitrogens is 1. The Kier molecular flexibility index (Phi) is 7.19. The number of para-hydroxylation sites is 1. The maximum atomic E-state index is 13.5. The third kappa shape index (κ3) is 4.89. The molecule has 42 heavy (non-hydrogen) atoms. The number of fused-ring (bicyclic) bond motifs is 2. The zero-order chi connectivity index (χ0) is 29.5. The van der Waals surface area contributed by atoms with Crippen LogP contribution in [0.1, 0.15) is 64.4 Å². The molecule has 3 unspecified atom stereocenters. The summed E-state index contributed by atoms with van der Waals surface area (Å²) >= 11 is 0.